The van der Waals surface area contributed by atoms with Gasteiger partial charge in [-0.3, -0.25) is 4.79 Å². The Hall–Kier alpha value is -1.41. The molecule has 0 saturated carbocycles. The monoisotopic (exact) mass is 291 g/mol. The van der Waals surface area contributed by atoms with Crippen LogP contribution in [0.4, 0.5) is 0 Å². The summed E-state index contributed by atoms with van der Waals surface area (Å²) in [6, 6.07) is 0. The van der Waals surface area contributed by atoms with Crippen molar-refractivity contribution in [3.63, 3.8) is 0 Å². The minimum atomic E-state index is -0.737. The van der Waals surface area contributed by atoms with Crippen LogP contribution in [0.15, 0.2) is 0 Å². The first-order valence-corrected chi connectivity index (χ1v) is 6.76. The second kappa shape index (κ2) is 11.4. The molecule has 1 rings (SSSR count). The second-order valence-corrected chi connectivity index (χ2v) is 4.99. The van der Waals surface area contributed by atoms with Crippen LogP contribution >= 0.6 is 0 Å². The lowest BCUT2D eigenvalue weighted by atomic mass is 9.95. The SMILES string of the molecule is CN(C)CCC(=O)O.O=[N+]([O-])OCCC1CCNCC1. The van der Waals surface area contributed by atoms with Crippen LogP contribution in [0.1, 0.15) is 25.7 Å². The molecule has 20 heavy (non-hydrogen) atoms. The molecule has 0 aliphatic carbocycles. The fourth-order valence-electron chi connectivity index (χ4n) is 1.78. The van der Waals surface area contributed by atoms with Crippen molar-refractivity contribution in [2.45, 2.75) is 25.7 Å². The van der Waals surface area contributed by atoms with Crippen LogP contribution in [0.3, 0.4) is 0 Å². The average Bonchev–Trinajstić information content (AvgIpc) is 2.38. The predicted octanol–water partition coefficient (Wildman–Crippen LogP) is 0.607. The highest BCUT2D eigenvalue weighted by Crippen LogP contribution is 2.15. The van der Waals surface area contributed by atoms with Gasteiger partial charge in [0.1, 0.15) is 0 Å². The number of carboxylic acids is 1. The number of nitrogens with one attached hydrogen (secondary N) is 1. The summed E-state index contributed by atoms with van der Waals surface area (Å²) in [6.07, 6.45) is 3.26. The van der Waals surface area contributed by atoms with Gasteiger partial charge in [-0.25, -0.2) is 0 Å². The minimum Gasteiger partial charge on any atom is -0.481 e. The van der Waals surface area contributed by atoms with Crippen molar-refractivity contribution in [1.29, 1.82) is 0 Å². The molecule has 2 N–H and O–H groups in total. The molecule has 0 aromatic carbocycles. The summed E-state index contributed by atoms with van der Waals surface area (Å²) < 4.78 is 0. The van der Waals surface area contributed by atoms with E-state index < -0.39 is 11.1 Å². The van der Waals surface area contributed by atoms with Gasteiger partial charge in [0.2, 0.25) is 0 Å². The lowest BCUT2D eigenvalue weighted by Gasteiger charge is -2.21. The Morgan fingerprint density at radius 3 is 2.45 bits per heavy atom. The van der Waals surface area contributed by atoms with Crippen LogP contribution in [0, 0.1) is 16.0 Å². The van der Waals surface area contributed by atoms with Crippen molar-refractivity contribution < 1.29 is 19.8 Å². The minimum absolute atomic E-state index is 0.229. The Bertz CT molecular complexity index is 280. The highest BCUT2D eigenvalue weighted by atomic mass is 16.9. The van der Waals surface area contributed by atoms with Gasteiger partial charge >= 0.3 is 5.97 Å². The Morgan fingerprint density at radius 1 is 1.45 bits per heavy atom. The molecule has 0 radical (unpaired) electrons. The number of rotatable bonds is 7. The largest absolute Gasteiger partial charge is 0.481 e. The standard InChI is InChI=1S/C7H14N2O3.C5H11NO2/c10-9(11)12-6-3-7-1-4-8-5-2-7;1-6(2)4-3-5(7)8/h7-8H,1-6H2;3-4H2,1-2H3,(H,7,8). The average molecular weight is 291 g/mol. The van der Waals surface area contributed by atoms with Crippen molar-refractivity contribution in [3.8, 4) is 0 Å². The topological polar surface area (TPSA) is 105 Å². The van der Waals surface area contributed by atoms with Gasteiger partial charge in [0.15, 0.2) is 0 Å². The smallest absolute Gasteiger partial charge is 0.304 e. The van der Waals surface area contributed by atoms with Crippen molar-refractivity contribution in [3.05, 3.63) is 10.1 Å². The van der Waals surface area contributed by atoms with Crippen molar-refractivity contribution >= 4 is 5.97 Å². The molecule has 0 spiro atoms. The third-order valence-electron chi connectivity index (χ3n) is 2.95. The van der Waals surface area contributed by atoms with E-state index in [-0.39, 0.29) is 13.0 Å². The van der Waals surface area contributed by atoms with Gasteiger partial charge in [0, 0.05) is 6.54 Å². The third kappa shape index (κ3) is 13.0. The van der Waals surface area contributed by atoms with Gasteiger partial charge in [-0.2, -0.15) is 0 Å². The molecule has 1 fully saturated rings. The number of carbonyl (C=O) groups is 1. The van der Waals surface area contributed by atoms with Gasteiger partial charge in [-0.1, -0.05) is 0 Å². The molecule has 8 heteroatoms. The maximum absolute atomic E-state index is 9.88. The number of carboxylic acid groups (broad SMARTS) is 1. The van der Waals surface area contributed by atoms with Crippen LogP contribution in [0.25, 0.3) is 0 Å². The van der Waals surface area contributed by atoms with E-state index in [2.05, 4.69) is 10.2 Å². The number of piperidine rings is 1. The first-order chi connectivity index (χ1) is 9.41. The van der Waals surface area contributed by atoms with Crippen LogP contribution in [0.2, 0.25) is 0 Å². The second-order valence-electron chi connectivity index (χ2n) is 4.99. The zero-order valence-corrected chi connectivity index (χ0v) is 12.2. The van der Waals surface area contributed by atoms with E-state index in [1.54, 1.807) is 0 Å². The lowest BCUT2D eigenvalue weighted by molar-refractivity contribution is -0.758. The molecule has 1 saturated heterocycles. The van der Waals surface area contributed by atoms with Gasteiger partial charge in [0.25, 0.3) is 5.09 Å². The molecule has 0 bridgehead atoms. The van der Waals surface area contributed by atoms with Crippen molar-refractivity contribution in [1.82, 2.24) is 10.2 Å². The van der Waals surface area contributed by atoms with Gasteiger partial charge < -0.3 is 20.2 Å². The van der Waals surface area contributed by atoms with E-state index >= 15 is 0 Å². The summed E-state index contributed by atoms with van der Waals surface area (Å²) in [7, 11) is 3.70. The molecular weight excluding hydrogens is 266 g/mol. The Labute approximate surface area is 119 Å². The Balaban J connectivity index is 0.000000396. The lowest BCUT2D eigenvalue weighted by Crippen LogP contribution is -2.28. The summed E-state index contributed by atoms with van der Waals surface area (Å²) in [4.78, 5) is 25.8. The zero-order chi connectivity index (χ0) is 15.4. The maximum Gasteiger partial charge on any atom is 0.304 e. The maximum atomic E-state index is 9.88. The zero-order valence-electron chi connectivity index (χ0n) is 12.2. The van der Waals surface area contributed by atoms with E-state index in [9.17, 15) is 14.9 Å². The van der Waals surface area contributed by atoms with E-state index in [0.29, 0.717) is 12.5 Å². The van der Waals surface area contributed by atoms with Gasteiger partial charge in [0.05, 0.1) is 13.0 Å². The molecule has 0 atom stereocenters. The Kier molecular flexibility index (Phi) is 10.6. The van der Waals surface area contributed by atoms with E-state index in [0.717, 1.165) is 32.4 Å². The highest BCUT2D eigenvalue weighted by molar-refractivity contribution is 5.66. The molecule has 1 heterocycles. The van der Waals surface area contributed by atoms with Crippen LogP contribution in [-0.2, 0) is 9.63 Å². The third-order valence-corrected chi connectivity index (χ3v) is 2.95. The first kappa shape index (κ1) is 18.6. The molecule has 1 aliphatic heterocycles. The molecule has 0 aromatic heterocycles. The molecule has 1 aliphatic rings. The van der Waals surface area contributed by atoms with Crippen LogP contribution < -0.4 is 5.32 Å². The van der Waals surface area contributed by atoms with Crippen LogP contribution in [-0.4, -0.2) is 61.4 Å². The Morgan fingerprint density at radius 2 is 2.05 bits per heavy atom. The van der Waals surface area contributed by atoms with E-state index in [1.165, 1.54) is 0 Å². The van der Waals surface area contributed by atoms with Gasteiger partial charge in [-0.15, -0.1) is 10.1 Å². The number of nitrogens with zero attached hydrogens (tertiary/aromatic N) is 2. The molecule has 0 unspecified atom stereocenters. The van der Waals surface area contributed by atoms with E-state index in [1.807, 2.05) is 19.0 Å². The summed E-state index contributed by atoms with van der Waals surface area (Å²) in [5.41, 5.74) is 0. The fourth-order valence-corrected chi connectivity index (χ4v) is 1.78. The predicted molar refractivity (Wildman–Crippen MR) is 74.0 cm³/mol. The summed E-state index contributed by atoms with van der Waals surface area (Å²) in [5.74, 6) is -0.134. The summed E-state index contributed by atoms with van der Waals surface area (Å²) >= 11 is 0. The highest BCUT2D eigenvalue weighted by Gasteiger charge is 2.12. The summed E-state index contributed by atoms with van der Waals surface area (Å²) in [5, 5.41) is 20.5. The van der Waals surface area contributed by atoms with Crippen LogP contribution in [0.5, 0.6) is 0 Å². The first-order valence-electron chi connectivity index (χ1n) is 6.76. The normalized spacial score (nSPS) is 15.3. The molecule has 0 aromatic rings. The number of hydrogen-bond donors (Lipinski definition) is 2. The number of aliphatic carboxylic acids is 1. The number of hydrogen-bond acceptors (Lipinski definition) is 6. The van der Waals surface area contributed by atoms with Gasteiger partial charge in [-0.05, 0) is 52.4 Å². The quantitative estimate of drug-likeness (QED) is 0.523. The summed E-state index contributed by atoms with van der Waals surface area (Å²) in [6.45, 7) is 2.93. The molecule has 0 amide bonds. The fraction of sp³-hybridized carbons (Fsp3) is 0.917. The van der Waals surface area contributed by atoms with Crippen molar-refractivity contribution in [2.75, 3.05) is 40.3 Å². The molecular formula is C12H25N3O5. The molecule has 118 valence electrons. The molecule has 8 nitrogen and oxygen atoms in total. The van der Waals surface area contributed by atoms with Crippen molar-refractivity contribution in [2.24, 2.45) is 5.92 Å². The van der Waals surface area contributed by atoms with E-state index in [4.69, 9.17) is 5.11 Å².